The predicted octanol–water partition coefficient (Wildman–Crippen LogP) is 3.25. The van der Waals surface area contributed by atoms with Crippen LogP contribution in [-0.2, 0) is 0 Å². The summed E-state index contributed by atoms with van der Waals surface area (Å²) in [6, 6.07) is 14.5. The Balaban J connectivity index is 1.71. The van der Waals surface area contributed by atoms with E-state index in [0.717, 1.165) is 16.8 Å². The highest BCUT2D eigenvalue weighted by atomic mass is 16.5. The van der Waals surface area contributed by atoms with E-state index in [0.29, 0.717) is 23.6 Å². The molecule has 0 saturated carbocycles. The second kappa shape index (κ2) is 8.18. The molecule has 2 aromatic carbocycles. The molecular formula is C20H20N4O3. The van der Waals surface area contributed by atoms with Crippen molar-refractivity contribution >= 4 is 12.1 Å². The first-order valence-corrected chi connectivity index (χ1v) is 8.49. The highest BCUT2D eigenvalue weighted by Crippen LogP contribution is 2.26. The Morgan fingerprint density at radius 2 is 2.07 bits per heavy atom. The molecule has 1 aromatic heterocycles. The van der Waals surface area contributed by atoms with Crippen LogP contribution in [0.3, 0.4) is 0 Å². The lowest BCUT2D eigenvalue weighted by molar-refractivity contribution is 0.0949. The molecule has 7 heteroatoms. The third-order valence-electron chi connectivity index (χ3n) is 3.95. The van der Waals surface area contributed by atoms with E-state index in [2.05, 4.69) is 20.7 Å². The first-order chi connectivity index (χ1) is 13.1. The van der Waals surface area contributed by atoms with Gasteiger partial charge in [-0.15, -0.1) is 0 Å². The van der Waals surface area contributed by atoms with Gasteiger partial charge in [0.2, 0.25) is 0 Å². The Bertz CT molecular complexity index is 965. The van der Waals surface area contributed by atoms with Crippen molar-refractivity contribution in [2.75, 3.05) is 6.61 Å². The quantitative estimate of drug-likeness (QED) is 0.462. The van der Waals surface area contributed by atoms with Gasteiger partial charge in [-0.2, -0.15) is 10.2 Å². The van der Waals surface area contributed by atoms with Crippen LogP contribution in [0.25, 0.3) is 11.3 Å². The van der Waals surface area contributed by atoms with Crippen LogP contribution < -0.4 is 10.2 Å². The summed E-state index contributed by atoms with van der Waals surface area (Å²) in [5.74, 6) is 0.0338. The fourth-order valence-corrected chi connectivity index (χ4v) is 2.60. The second-order valence-corrected chi connectivity index (χ2v) is 5.80. The molecule has 0 aliphatic carbocycles. The van der Waals surface area contributed by atoms with Crippen LogP contribution in [0.15, 0.2) is 53.6 Å². The van der Waals surface area contributed by atoms with Gasteiger partial charge in [0, 0.05) is 11.1 Å². The zero-order chi connectivity index (χ0) is 19.2. The van der Waals surface area contributed by atoms with Crippen molar-refractivity contribution < 1.29 is 14.6 Å². The molecule has 138 valence electrons. The number of ether oxygens (including phenoxy) is 1. The number of aromatic hydroxyl groups is 1. The summed E-state index contributed by atoms with van der Waals surface area (Å²) >= 11 is 0. The van der Waals surface area contributed by atoms with Gasteiger partial charge in [-0.05, 0) is 37.6 Å². The number of rotatable bonds is 6. The zero-order valence-corrected chi connectivity index (χ0v) is 15.1. The van der Waals surface area contributed by atoms with E-state index in [9.17, 15) is 9.90 Å². The van der Waals surface area contributed by atoms with Gasteiger partial charge in [0.05, 0.1) is 18.5 Å². The number of nitrogens with one attached hydrogen (secondary N) is 2. The van der Waals surface area contributed by atoms with Gasteiger partial charge < -0.3 is 9.84 Å². The highest BCUT2D eigenvalue weighted by molar-refractivity contribution is 5.96. The zero-order valence-electron chi connectivity index (χ0n) is 15.1. The molecule has 0 aliphatic rings. The van der Waals surface area contributed by atoms with Crippen molar-refractivity contribution in [3.8, 4) is 22.8 Å². The summed E-state index contributed by atoms with van der Waals surface area (Å²) in [5.41, 5.74) is 5.92. The number of H-pyrrole nitrogens is 1. The van der Waals surface area contributed by atoms with Crippen LogP contribution in [0.5, 0.6) is 11.5 Å². The smallest absolute Gasteiger partial charge is 0.289 e. The average molecular weight is 364 g/mol. The normalized spacial score (nSPS) is 10.9. The summed E-state index contributed by atoms with van der Waals surface area (Å²) in [5, 5.41) is 20.7. The molecule has 0 fully saturated rings. The molecule has 0 atom stereocenters. The largest absolute Gasteiger partial charge is 0.504 e. The molecule has 0 aliphatic heterocycles. The van der Waals surface area contributed by atoms with Crippen molar-refractivity contribution in [2.24, 2.45) is 5.10 Å². The standard InChI is InChI=1S/C20H20N4O3/c1-3-27-17-11-14(9-10-16(17)25)12-21-24-20(26)19-13(2)18(22-23-19)15-7-5-4-6-8-15/h4-12,25H,3H2,1-2H3,(H,22,23)(H,24,26)/b21-12+. The Hall–Kier alpha value is -3.61. The SMILES string of the molecule is CCOc1cc(/C=N/NC(=O)c2[nH]nc(-c3ccccc3)c2C)ccc1O. The molecule has 0 unspecified atom stereocenters. The molecule has 0 bridgehead atoms. The topological polar surface area (TPSA) is 99.6 Å². The maximum atomic E-state index is 12.4. The minimum absolute atomic E-state index is 0.0551. The van der Waals surface area contributed by atoms with Gasteiger partial charge in [0.15, 0.2) is 11.5 Å². The Kier molecular flexibility index (Phi) is 5.51. The second-order valence-electron chi connectivity index (χ2n) is 5.80. The number of carbonyl (C=O) groups is 1. The molecule has 0 spiro atoms. The van der Waals surface area contributed by atoms with E-state index < -0.39 is 0 Å². The number of hydrogen-bond donors (Lipinski definition) is 3. The number of nitrogens with zero attached hydrogens (tertiary/aromatic N) is 2. The summed E-state index contributed by atoms with van der Waals surface area (Å²) in [7, 11) is 0. The van der Waals surface area contributed by atoms with Gasteiger partial charge in [0.1, 0.15) is 5.69 Å². The van der Waals surface area contributed by atoms with Gasteiger partial charge in [-0.1, -0.05) is 30.3 Å². The Morgan fingerprint density at radius 3 is 2.81 bits per heavy atom. The Morgan fingerprint density at radius 1 is 1.30 bits per heavy atom. The lowest BCUT2D eigenvalue weighted by Gasteiger charge is -2.06. The first kappa shape index (κ1) is 18.2. The molecule has 0 saturated heterocycles. The molecule has 1 amide bonds. The number of benzene rings is 2. The molecular weight excluding hydrogens is 344 g/mol. The summed E-state index contributed by atoms with van der Waals surface area (Å²) < 4.78 is 5.32. The summed E-state index contributed by atoms with van der Waals surface area (Å²) in [6.07, 6.45) is 1.48. The van der Waals surface area contributed by atoms with E-state index in [1.54, 1.807) is 12.1 Å². The number of aromatic nitrogens is 2. The number of amides is 1. The van der Waals surface area contributed by atoms with Crippen LogP contribution in [0.2, 0.25) is 0 Å². The van der Waals surface area contributed by atoms with Crippen molar-refractivity contribution in [2.45, 2.75) is 13.8 Å². The molecule has 3 aromatic rings. The number of carbonyl (C=O) groups excluding carboxylic acids is 1. The first-order valence-electron chi connectivity index (χ1n) is 8.49. The van der Waals surface area contributed by atoms with Crippen LogP contribution in [-0.4, -0.2) is 34.0 Å². The molecule has 3 rings (SSSR count). The predicted molar refractivity (Wildman–Crippen MR) is 103 cm³/mol. The summed E-state index contributed by atoms with van der Waals surface area (Å²) in [6.45, 7) is 4.10. The minimum Gasteiger partial charge on any atom is -0.504 e. The number of aromatic amines is 1. The third-order valence-corrected chi connectivity index (χ3v) is 3.95. The molecule has 0 radical (unpaired) electrons. The number of phenols is 1. The minimum atomic E-state index is -0.387. The number of hydrogen-bond acceptors (Lipinski definition) is 5. The van der Waals surface area contributed by atoms with Gasteiger partial charge in [0.25, 0.3) is 5.91 Å². The van der Waals surface area contributed by atoms with E-state index in [1.165, 1.54) is 12.3 Å². The highest BCUT2D eigenvalue weighted by Gasteiger charge is 2.16. The van der Waals surface area contributed by atoms with Crippen LogP contribution in [0, 0.1) is 6.92 Å². The van der Waals surface area contributed by atoms with Gasteiger partial charge in [-0.25, -0.2) is 5.43 Å². The van der Waals surface area contributed by atoms with Crippen molar-refractivity contribution in [3.05, 3.63) is 65.4 Å². The van der Waals surface area contributed by atoms with Crippen LogP contribution in [0.1, 0.15) is 28.5 Å². The molecule has 7 nitrogen and oxygen atoms in total. The lowest BCUT2D eigenvalue weighted by atomic mass is 10.1. The van der Waals surface area contributed by atoms with E-state index >= 15 is 0 Å². The van der Waals surface area contributed by atoms with Crippen molar-refractivity contribution in [1.82, 2.24) is 15.6 Å². The molecule has 3 N–H and O–H groups in total. The van der Waals surface area contributed by atoms with E-state index in [4.69, 9.17) is 4.74 Å². The molecule has 27 heavy (non-hydrogen) atoms. The monoisotopic (exact) mass is 364 g/mol. The fourth-order valence-electron chi connectivity index (χ4n) is 2.60. The third kappa shape index (κ3) is 4.14. The van der Waals surface area contributed by atoms with Crippen LogP contribution >= 0.6 is 0 Å². The van der Waals surface area contributed by atoms with Gasteiger partial charge >= 0.3 is 0 Å². The number of hydrazone groups is 1. The Labute approximate surface area is 156 Å². The van der Waals surface area contributed by atoms with Crippen molar-refractivity contribution in [3.63, 3.8) is 0 Å². The van der Waals surface area contributed by atoms with E-state index in [1.807, 2.05) is 44.2 Å². The van der Waals surface area contributed by atoms with Crippen LogP contribution in [0.4, 0.5) is 0 Å². The van der Waals surface area contributed by atoms with Gasteiger partial charge in [-0.3, -0.25) is 9.89 Å². The van der Waals surface area contributed by atoms with E-state index in [-0.39, 0.29) is 11.7 Å². The number of phenolic OH excluding ortho intramolecular Hbond substituents is 1. The molecule has 1 heterocycles. The fraction of sp³-hybridized carbons (Fsp3) is 0.150. The average Bonchev–Trinajstić information content (AvgIpc) is 3.06. The maximum Gasteiger partial charge on any atom is 0.289 e. The summed E-state index contributed by atoms with van der Waals surface area (Å²) in [4.78, 5) is 12.4. The van der Waals surface area contributed by atoms with Crippen molar-refractivity contribution in [1.29, 1.82) is 0 Å². The lowest BCUT2D eigenvalue weighted by Crippen LogP contribution is -2.19. The maximum absolute atomic E-state index is 12.4.